The van der Waals surface area contributed by atoms with Crippen molar-refractivity contribution in [2.75, 3.05) is 5.32 Å². The highest BCUT2D eigenvalue weighted by atomic mass is 16.2. The minimum atomic E-state index is -0.387. The van der Waals surface area contributed by atoms with Gasteiger partial charge in [-0.05, 0) is 37.5 Å². The summed E-state index contributed by atoms with van der Waals surface area (Å²) in [5, 5.41) is 5.52. The second-order valence-electron chi connectivity index (χ2n) is 4.40. The van der Waals surface area contributed by atoms with Gasteiger partial charge >= 0.3 is 0 Å². The number of carbonyl (C=O) groups is 2. The van der Waals surface area contributed by atoms with E-state index in [0.29, 0.717) is 12.8 Å². The van der Waals surface area contributed by atoms with Gasteiger partial charge in [0.15, 0.2) is 0 Å². The smallest absolute Gasteiger partial charge is 0.246 e. The molecule has 0 radical (unpaired) electrons. The Morgan fingerprint density at radius 1 is 1.41 bits per heavy atom. The first kappa shape index (κ1) is 11.6. The lowest BCUT2D eigenvalue weighted by molar-refractivity contribution is -0.122. The molecule has 0 saturated carbocycles. The highest BCUT2D eigenvalue weighted by molar-refractivity contribution is 5.99. The van der Waals surface area contributed by atoms with Gasteiger partial charge in [-0.25, -0.2) is 0 Å². The second-order valence-corrected chi connectivity index (χ2v) is 4.40. The first-order valence-corrected chi connectivity index (χ1v) is 5.74. The third-order valence-electron chi connectivity index (χ3n) is 3.17. The molecule has 2 amide bonds. The maximum atomic E-state index is 11.9. The first-order chi connectivity index (χ1) is 8.08. The van der Waals surface area contributed by atoms with Gasteiger partial charge < -0.3 is 10.6 Å². The van der Waals surface area contributed by atoms with Crippen LogP contribution in [0.3, 0.4) is 0 Å². The molecule has 1 aliphatic rings. The number of hydrogen-bond donors (Lipinski definition) is 2. The zero-order valence-electron chi connectivity index (χ0n) is 10.0. The van der Waals surface area contributed by atoms with Crippen molar-refractivity contribution >= 4 is 17.5 Å². The molecule has 1 saturated heterocycles. The minimum absolute atomic E-state index is 0.0499. The van der Waals surface area contributed by atoms with Crippen LogP contribution in [-0.4, -0.2) is 17.9 Å². The Bertz CT molecular complexity index is 468. The number of amides is 2. The summed E-state index contributed by atoms with van der Waals surface area (Å²) in [7, 11) is 0. The van der Waals surface area contributed by atoms with Crippen LogP contribution in [0.1, 0.15) is 24.0 Å². The van der Waals surface area contributed by atoms with Gasteiger partial charge in [0.05, 0.1) is 0 Å². The maximum Gasteiger partial charge on any atom is 0.246 e. The van der Waals surface area contributed by atoms with Crippen LogP contribution in [0.2, 0.25) is 0 Å². The Morgan fingerprint density at radius 3 is 2.82 bits per heavy atom. The molecule has 0 spiro atoms. The van der Waals surface area contributed by atoms with Crippen LogP contribution < -0.4 is 10.6 Å². The van der Waals surface area contributed by atoms with E-state index in [9.17, 15) is 9.59 Å². The van der Waals surface area contributed by atoms with Gasteiger partial charge in [0.1, 0.15) is 6.04 Å². The highest BCUT2D eigenvalue weighted by Gasteiger charge is 2.27. The van der Waals surface area contributed by atoms with Gasteiger partial charge in [-0.2, -0.15) is 0 Å². The third-order valence-corrected chi connectivity index (χ3v) is 3.17. The van der Waals surface area contributed by atoms with E-state index >= 15 is 0 Å². The van der Waals surface area contributed by atoms with E-state index in [1.165, 1.54) is 0 Å². The van der Waals surface area contributed by atoms with Crippen LogP contribution in [0, 0.1) is 13.8 Å². The molecular weight excluding hydrogens is 216 g/mol. The number of anilines is 1. The topological polar surface area (TPSA) is 58.2 Å². The molecule has 2 rings (SSSR count). The maximum absolute atomic E-state index is 11.9. The quantitative estimate of drug-likeness (QED) is 0.812. The van der Waals surface area contributed by atoms with Crippen molar-refractivity contribution in [1.82, 2.24) is 5.32 Å². The summed E-state index contributed by atoms with van der Waals surface area (Å²) in [6.45, 7) is 3.97. The van der Waals surface area contributed by atoms with Crippen molar-refractivity contribution in [3.05, 3.63) is 29.3 Å². The zero-order valence-corrected chi connectivity index (χ0v) is 10.0. The molecule has 1 unspecified atom stereocenters. The fraction of sp³-hybridized carbons (Fsp3) is 0.385. The van der Waals surface area contributed by atoms with Gasteiger partial charge in [0.2, 0.25) is 11.8 Å². The summed E-state index contributed by atoms with van der Waals surface area (Å²) in [6.07, 6.45) is 1.01. The number of aryl methyl sites for hydroxylation is 1. The van der Waals surface area contributed by atoms with E-state index in [-0.39, 0.29) is 17.9 Å². The second kappa shape index (κ2) is 4.57. The van der Waals surface area contributed by atoms with Gasteiger partial charge in [-0.1, -0.05) is 12.1 Å². The van der Waals surface area contributed by atoms with E-state index in [1.807, 2.05) is 32.0 Å². The number of hydrogen-bond acceptors (Lipinski definition) is 2. The van der Waals surface area contributed by atoms with Crippen molar-refractivity contribution < 1.29 is 9.59 Å². The average Bonchev–Trinajstić information content (AvgIpc) is 2.72. The molecule has 1 fully saturated rings. The lowest BCUT2D eigenvalue weighted by atomic mass is 10.1. The molecule has 0 aromatic heterocycles. The van der Waals surface area contributed by atoms with Gasteiger partial charge in [0.25, 0.3) is 0 Å². The zero-order chi connectivity index (χ0) is 12.4. The number of carbonyl (C=O) groups excluding carboxylic acids is 2. The lowest BCUT2D eigenvalue weighted by Crippen LogP contribution is -2.37. The number of benzene rings is 1. The molecular formula is C13H16N2O2. The van der Waals surface area contributed by atoms with E-state index in [0.717, 1.165) is 16.8 Å². The van der Waals surface area contributed by atoms with Crippen molar-refractivity contribution in [1.29, 1.82) is 0 Å². The predicted octanol–water partition coefficient (Wildman–Crippen LogP) is 1.52. The Hall–Kier alpha value is -1.84. The Labute approximate surface area is 100 Å². The highest BCUT2D eigenvalue weighted by Crippen LogP contribution is 2.19. The van der Waals surface area contributed by atoms with Gasteiger partial charge in [0, 0.05) is 12.1 Å². The summed E-state index contributed by atoms with van der Waals surface area (Å²) in [6, 6.07) is 5.40. The summed E-state index contributed by atoms with van der Waals surface area (Å²) in [5.41, 5.74) is 3.01. The Balaban J connectivity index is 2.08. The summed E-state index contributed by atoms with van der Waals surface area (Å²) < 4.78 is 0. The first-order valence-electron chi connectivity index (χ1n) is 5.74. The monoisotopic (exact) mass is 232 g/mol. The van der Waals surface area contributed by atoms with Gasteiger partial charge in [-0.3, -0.25) is 9.59 Å². The molecule has 1 aromatic rings. The predicted molar refractivity (Wildman–Crippen MR) is 65.7 cm³/mol. The van der Waals surface area contributed by atoms with Crippen molar-refractivity contribution in [3.63, 3.8) is 0 Å². The number of rotatable bonds is 2. The molecule has 2 N–H and O–H groups in total. The van der Waals surface area contributed by atoms with E-state index in [1.54, 1.807) is 0 Å². The molecule has 0 bridgehead atoms. The van der Waals surface area contributed by atoms with Crippen LogP contribution in [0.25, 0.3) is 0 Å². The van der Waals surface area contributed by atoms with E-state index in [4.69, 9.17) is 0 Å². The minimum Gasteiger partial charge on any atom is -0.344 e. The Morgan fingerprint density at radius 2 is 2.18 bits per heavy atom. The summed E-state index contributed by atoms with van der Waals surface area (Å²) in [4.78, 5) is 22.9. The van der Waals surface area contributed by atoms with Crippen molar-refractivity contribution in [2.45, 2.75) is 32.7 Å². The van der Waals surface area contributed by atoms with E-state index in [2.05, 4.69) is 10.6 Å². The Kier molecular flexibility index (Phi) is 3.13. The van der Waals surface area contributed by atoms with Crippen LogP contribution in [0.4, 0.5) is 5.69 Å². The molecule has 90 valence electrons. The molecule has 1 aromatic carbocycles. The number of nitrogens with one attached hydrogen (secondary N) is 2. The molecule has 1 atom stereocenters. The standard InChI is InChI=1S/C13H16N2O2/c1-8-4-3-5-10(9(8)2)15-13(17)11-6-7-12(16)14-11/h3-5,11H,6-7H2,1-2H3,(H,14,16)(H,15,17). The van der Waals surface area contributed by atoms with Crippen LogP contribution in [0.15, 0.2) is 18.2 Å². The largest absolute Gasteiger partial charge is 0.344 e. The SMILES string of the molecule is Cc1cccc(NC(=O)C2CCC(=O)N2)c1C. The fourth-order valence-electron chi connectivity index (χ4n) is 1.92. The average molecular weight is 232 g/mol. The normalized spacial score (nSPS) is 18.9. The molecule has 1 heterocycles. The van der Waals surface area contributed by atoms with Crippen molar-refractivity contribution in [2.24, 2.45) is 0 Å². The van der Waals surface area contributed by atoms with Crippen LogP contribution in [0.5, 0.6) is 0 Å². The third kappa shape index (κ3) is 2.46. The van der Waals surface area contributed by atoms with Crippen molar-refractivity contribution in [3.8, 4) is 0 Å². The van der Waals surface area contributed by atoms with Crippen LogP contribution in [-0.2, 0) is 9.59 Å². The van der Waals surface area contributed by atoms with Gasteiger partial charge in [-0.15, -0.1) is 0 Å². The molecule has 4 heteroatoms. The fourth-order valence-corrected chi connectivity index (χ4v) is 1.92. The lowest BCUT2D eigenvalue weighted by Gasteiger charge is -2.13. The molecule has 0 aliphatic carbocycles. The molecule has 1 aliphatic heterocycles. The van der Waals surface area contributed by atoms with E-state index < -0.39 is 0 Å². The molecule has 17 heavy (non-hydrogen) atoms. The summed E-state index contributed by atoms with van der Waals surface area (Å²) in [5.74, 6) is -0.185. The molecule has 4 nitrogen and oxygen atoms in total. The van der Waals surface area contributed by atoms with Crippen LogP contribution >= 0.6 is 0 Å². The summed E-state index contributed by atoms with van der Waals surface area (Å²) >= 11 is 0.